The third-order valence-electron chi connectivity index (χ3n) is 22.6. The molecule has 29 nitrogen and oxygen atoms in total. The molecule has 4 saturated heterocycles. The molecule has 31 heteroatoms. The van der Waals surface area contributed by atoms with Gasteiger partial charge in [0, 0.05) is 62.8 Å². The van der Waals surface area contributed by atoms with E-state index in [2.05, 4.69) is 0 Å². The summed E-state index contributed by atoms with van der Waals surface area (Å²) in [4.78, 5) is 98.8. The summed E-state index contributed by atoms with van der Waals surface area (Å²) in [6, 6.07) is 89.5. The van der Waals surface area contributed by atoms with Crippen molar-refractivity contribution >= 4 is 65.3 Å². The van der Waals surface area contributed by atoms with Crippen molar-refractivity contribution < 1.29 is 138 Å². The van der Waals surface area contributed by atoms with Gasteiger partial charge in [-0.25, -0.2) is 4.79 Å². The summed E-state index contributed by atoms with van der Waals surface area (Å²) in [5, 5.41) is 11.7. The lowest BCUT2D eigenvalue weighted by atomic mass is 9.95. The Morgan fingerprint density at radius 1 is 0.292 bits per heavy atom. The Labute approximate surface area is 803 Å². The molecule has 0 aliphatic carbocycles. The van der Waals surface area contributed by atoms with Crippen molar-refractivity contribution in [3.05, 3.63) is 342 Å². The average Bonchev–Trinajstić information content (AvgIpc) is 0.768. The molecule has 10 aromatic carbocycles. The predicted octanol–water partition coefficient (Wildman–Crippen LogP) is 15.1. The molecule has 4 fully saturated rings. The SMILES string of the molecule is CC(=O)OC[C@H]1O[C@H](O[C@@H]2[C@@H](OC(C)=O)[C@@H](OC[C@H]3O[C@H](OCc4ccc(OC(=O)c5ccccc5)cc4)[C@H](OC(C)=O)[C@@H](OC(C)=O)[C@@H]3OCc3ccccc3)O[C@H](CO[C@H]3O[C@H](CO)[C@@H](OCc4ccccc4)[C@H](OC(C)=O)[C@H]3O[C@H](CSc3ccccc3)c3ccccc3)[C@H]2OCc2ccccc2)[C@H](O[C@H](CSc2ccccc2)c2ccccc2)[C@@H](OC(C)=O)[C@@H]1OCc1ccccc1. The van der Waals surface area contributed by atoms with Gasteiger partial charge in [-0.1, -0.05) is 249 Å². The molecule has 0 radical (unpaired) electrons. The number of rotatable bonds is 45. The number of benzene rings is 10. The van der Waals surface area contributed by atoms with Crippen LogP contribution in [0.25, 0.3) is 0 Å². The molecule has 1 N–H and O–H groups in total. The molecule has 0 spiro atoms. The lowest BCUT2D eigenvalue weighted by Crippen LogP contribution is -2.68. The highest BCUT2D eigenvalue weighted by atomic mass is 32.2. The first-order valence-corrected chi connectivity index (χ1v) is 47.2. The van der Waals surface area contributed by atoms with E-state index in [9.17, 15) is 38.7 Å². The smallest absolute Gasteiger partial charge is 0.343 e. The minimum absolute atomic E-state index is 0.0398. The third kappa shape index (κ3) is 29.8. The molecule has 0 saturated carbocycles. The number of aliphatic hydroxyl groups is 1. The van der Waals surface area contributed by atoms with Crippen LogP contribution in [0.1, 0.15) is 103 Å². The molecular weight excluding hydrogens is 1800 g/mol. The van der Waals surface area contributed by atoms with E-state index in [-0.39, 0.29) is 50.3 Å². The Bertz CT molecular complexity index is 5370. The monoisotopic (exact) mass is 1910 g/mol. The van der Waals surface area contributed by atoms with Crippen LogP contribution in [0.4, 0.5) is 0 Å². The molecule has 14 rings (SSSR count). The molecule has 4 heterocycles. The van der Waals surface area contributed by atoms with E-state index in [0.29, 0.717) is 38.9 Å². The molecule has 0 aromatic heterocycles. The quantitative estimate of drug-likeness (QED) is 0.0160. The zero-order valence-corrected chi connectivity index (χ0v) is 78.1. The number of esters is 7. The lowest BCUT2D eigenvalue weighted by Gasteiger charge is -2.50. The van der Waals surface area contributed by atoms with E-state index in [1.54, 1.807) is 78.9 Å². The molecule has 0 unspecified atom stereocenters. The van der Waals surface area contributed by atoms with Gasteiger partial charge in [0.1, 0.15) is 79.5 Å². The van der Waals surface area contributed by atoms with Crippen molar-refractivity contribution in [3.63, 3.8) is 0 Å². The Morgan fingerprint density at radius 2 is 0.591 bits per heavy atom. The second kappa shape index (κ2) is 51.8. The number of ether oxygens (including phenoxy) is 21. The molecule has 22 atom stereocenters. The van der Waals surface area contributed by atoms with Crippen LogP contribution in [0.15, 0.2) is 307 Å². The van der Waals surface area contributed by atoms with Crippen LogP contribution in [0.2, 0.25) is 0 Å². The van der Waals surface area contributed by atoms with Crippen molar-refractivity contribution in [2.45, 2.75) is 219 Å². The van der Waals surface area contributed by atoms with E-state index < -0.39 is 203 Å². The highest BCUT2D eigenvalue weighted by molar-refractivity contribution is 7.99. The first-order chi connectivity index (χ1) is 66.7. The first-order valence-electron chi connectivity index (χ1n) is 45.2. The largest absolute Gasteiger partial charge is 0.463 e. The Hall–Kier alpha value is -11.4. The maximum absolute atomic E-state index is 14.7. The molecule has 4 aliphatic heterocycles. The number of thioether (sulfide) groups is 2. The lowest BCUT2D eigenvalue weighted by molar-refractivity contribution is -0.382. The zero-order valence-electron chi connectivity index (χ0n) is 76.5. The summed E-state index contributed by atoms with van der Waals surface area (Å²) in [5.41, 5.74) is 4.93. The minimum Gasteiger partial charge on any atom is -0.463 e. The molecule has 137 heavy (non-hydrogen) atoms. The Balaban J connectivity index is 0.916. The van der Waals surface area contributed by atoms with Gasteiger partial charge < -0.3 is 105 Å². The fraction of sp³-hybridized carbons (Fsp3) is 0.368. The van der Waals surface area contributed by atoms with E-state index in [0.717, 1.165) is 29.2 Å². The van der Waals surface area contributed by atoms with E-state index in [4.69, 9.17) is 99.5 Å². The van der Waals surface area contributed by atoms with Gasteiger partial charge in [-0.2, -0.15) is 0 Å². The summed E-state index contributed by atoms with van der Waals surface area (Å²) in [5.74, 6) is -4.71. The summed E-state index contributed by atoms with van der Waals surface area (Å²) in [6.45, 7) is 3.78. The van der Waals surface area contributed by atoms with Crippen molar-refractivity contribution in [2.75, 3.05) is 37.9 Å². The van der Waals surface area contributed by atoms with Gasteiger partial charge in [-0.15, -0.1) is 23.5 Å². The highest BCUT2D eigenvalue weighted by Gasteiger charge is 2.59. The van der Waals surface area contributed by atoms with E-state index >= 15 is 0 Å². The standard InChI is InChI=1S/C106H112O29S2/c1-67(108)115-62-85-91(117-58-74-36-18-8-19-37-74)96(125-70(4)111)101(130-89(79-44-26-12-27-45-79)66-137-83-50-32-15-33-51-83)106(134-85)135-97-93(119-60-76-40-22-10-23-41-76)87(64-122-105-100(129-88(78-42-24-11-25-43-78)65-136-82-48-30-14-31-49-82)94(123-68(2)109)90(84(56-107)131-105)116-57-73-34-16-7-17-35-73)133-104(99(97)127-72(6)113)121-63-86-92(118-59-75-38-20-9-21-39-75)95(124-69(3)110)98(126-71(5)112)103(132-86)120-61-77-52-54-81(55-53-77)128-102(114)80-46-28-13-29-47-80/h7-55,84-101,103-107H,56-66H2,1-6H3/t84-,85-,86-,87-,88-,89-,90-,91-,92-,93-,94+,95+,96+,97+,98-,99-,100-,101-,103+,104+,105+,106-/m1/s1. The summed E-state index contributed by atoms with van der Waals surface area (Å²) >= 11 is 2.97. The maximum Gasteiger partial charge on any atom is 0.343 e. The average molecular weight is 1910 g/mol. The van der Waals surface area contributed by atoms with Gasteiger partial charge in [0.25, 0.3) is 0 Å². The summed E-state index contributed by atoms with van der Waals surface area (Å²) in [6.07, 6.45) is -32.9. The van der Waals surface area contributed by atoms with Gasteiger partial charge in [-0.3, -0.25) is 28.8 Å². The summed E-state index contributed by atoms with van der Waals surface area (Å²) in [7, 11) is 0. The van der Waals surface area contributed by atoms with Crippen LogP contribution in [0.5, 0.6) is 5.75 Å². The minimum atomic E-state index is -1.92. The van der Waals surface area contributed by atoms with Crippen LogP contribution >= 0.6 is 23.5 Å². The van der Waals surface area contributed by atoms with Crippen LogP contribution in [0.3, 0.4) is 0 Å². The summed E-state index contributed by atoms with van der Waals surface area (Å²) < 4.78 is 144. The molecule has 0 bridgehead atoms. The van der Waals surface area contributed by atoms with Crippen molar-refractivity contribution in [1.29, 1.82) is 0 Å². The van der Waals surface area contributed by atoms with Crippen LogP contribution in [-0.2, 0) is 157 Å². The second-order valence-electron chi connectivity index (χ2n) is 32.8. The van der Waals surface area contributed by atoms with Crippen LogP contribution in [0, 0.1) is 0 Å². The predicted molar refractivity (Wildman–Crippen MR) is 498 cm³/mol. The van der Waals surface area contributed by atoms with Gasteiger partial charge in [0.15, 0.2) is 55.7 Å². The normalized spacial score (nSPS) is 25.2. The fourth-order valence-electron chi connectivity index (χ4n) is 16.3. The number of hydrogen-bond acceptors (Lipinski definition) is 31. The number of carbonyl (C=O) groups excluding carboxylic acids is 7. The Kier molecular flexibility index (Phi) is 38.4. The zero-order chi connectivity index (χ0) is 95.8. The van der Waals surface area contributed by atoms with Gasteiger partial charge in [-0.05, 0) is 87.5 Å². The number of hydrogen-bond donors (Lipinski definition) is 1. The van der Waals surface area contributed by atoms with Crippen LogP contribution in [-0.4, -0.2) is 208 Å². The molecule has 722 valence electrons. The molecule has 4 aliphatic rings. The maximum atomic E-state index is 14.7. The van der Waals surface area contributed by atoms with Crippen molar-refractivity contribution in [1.82, 2.24) is 0 Å². The third-order valence-corrected chi connectivity index (χ3v) is 24.8. The topological polar surface area (TPSA) is 334 Å². The van der Waals surface area contributed by atoms with Gasteiger partial charge >= 0.3 is 41.8 Å². The first kappa shape index (κ1) is 101. The molecular formula is C106H112O29S2. The Morgan fingerprint density at radius 3 is 0.985 bits per heavy atom. The highest BCUT2D eigenvalue weighted by Crippen LogP contribution is 2.43. The van der Waals surface area contributed by atoms with E-state index in [1.165, 1.54) is 51.2 Å². The second-order valence-corrected chi connectivity index (χ2v) is 35.0. The molecule has 10 aromatic rings. The fourth-order valence-corrected chi connectivity index (χ4v) is 18.3. The van der Waals surface area contributed by atoms with E-state index in [1.807, 2.05) is 218 Å². The number of aliphatic hydroxyl groups excluding tert-OH is 1. The van der Waals surface area contributed by atoms with Gasteiger partial charge in [0.05, 0.1) is 70.6 Å². The van der Waals surface area contributed by atoms with Crippen molar-refractivity contribution in [3.8, 4) is 5.75 Å². The van der Waals surface area contributed by atoms with Gasteiger partial charge in [0.2, 0.25) is 0 Å². The van der Waals surface area contributed by atoms with Crippen LogP contribution < -0.4 is 4.74 Å². The molecule has 0 amide bonds. The van der Waals surface area contributed by atoms with Crippen molar-refractivity contribution in [2.24, 2.45) is 0 Å². The number of carbonyl (C=O) groups is 7.